The minimum Gasteiger partial charge on any atom is -0.466 e. The summed E-state index contributed by atoms with van der Waals surface area (Å²) in [6, 6.07) is 7.13. The minimum absolute atomic E-state index is 0.114. The van der Waals surface area contributed by atoms with Crippen LogP contribution in [0.15, 0.2) is 36.4 Å². The molecule has 1 spiro atoms. The number of halogens is 1. The van der Waals surface area contributed by atoms with Gasteiger partial charge in [0.05, 0.1) is 25.2 Å². The number of anilines is 1. The van der Waals surface area contributed by atoms with Crippen LogP contribution in [0.5, 0.6) is 0 Å². The van der Waals surface area contributed by atoms with Gasteiger partial charge in [0, 0.05) is 10.7 Å². The lowest BCUT2D eigenvalue weighted by Crippen LogP contribution is -2.40. The van der Waals surface area contributed by atoms with Crippen LogP contribution >= 0.6 is 11.6 Å². The van der Waals surface area contributed by atoms with Crippen LogP contribution in [0, 0.1) is 11.8 Å². The van der Waals surface area contributed by atoms with Crippen molar-refractivity contribution in [2.45, 2.75) is 18.6 Å². The molecule has 3 heterocycles. The number of carbonyl (C=O) groups excluding carboxylic acids is 2. The van der Waals surface area contributed by atoms with Gasteiger partial charge in [-0.3, -0.25) is 9.59 Å². The smallest absolute Gasteiger partial charge is 0.312 e. The molecule has 4 rings (SSSR count). The average molecular weight is 334 g/mol. The van der Waals surface area contributed by atoms with Gasteiger partial charge >= 0.3 is 5.97 Å². The molecule has 0 radical (unpaired) electrons. The monoisotopic (exact) mass is 333 g/mol. The van der Waals surface area contributed by atoms with Gasteiger partial charge in [0.2, 0.25) is 5.91 Å². The van der Waals surface area contributed by atoms with E-state index in [0.29, 0.717) is 17.3 Å². The van der Waals surface area contributed by atoms with Gasteiger partial charge in [-0.25, -0.2) is 0 Å². The van der Waals surface area contributed by atoms with Gasteiger partial charge in [0.1, 0.15) is 11.5 Å². The quantitative estimate of drug-likeness (QED) is 0.628. The van der Waals surface area contributed by atoms with Crippen LogP contribution in [0.2, 0.25) is 5.02 Å². The number of amides is 1. The second kappa shape index (κ2) is 5.08. The Morgan fingerprint density at radius 2 is 2.35 bits per heavy atom. The fourth-order valence-corrected chi connectivity index (χ4v) is 4.05. The van der Waals surface area contributed by atoms with E-state index in [2.05, 4.69) is 0 Å². The van der Waals surface area contributed by atoms with Crippen LogP contribution in [0.3, 0.4) is 0 Å². The van der Waals surface area contributed by atoms with Crippen molar-refractivity contribution in [3.05, 3.63) is 41.4 Å². The SMILES string of the molecule is CCOC(=O)[C@H]1[C@@H]2C=C[C@]3(CN(c4cccc(Cl)c4)C(=O)[C@H]13)O2. The first kappa shape index (κ1) is 14.7. The van der Waals surface area contributed by atoms with E-state index in [1.807, 2.05) is 18.2 Å². The molecule has 0 saturated carbocycles. The molecule has 6 heteroatoms. The van der Waals surface area contributed by atoms with Crippen LogP contribution in [-0.2, 0) is 19.1 Å². The van der Waals surface area contributed by atoms with E-state index in [1.54, 1.807) is 30.0 Å². The third kappa shape index (κ3) is 2.03. The molecule has 2 saturated heterocycles. The highest BCUT2D eigenvalue weighted by molar-refractivity contribution is 6.31. The van der Waals surface area contributed by atoms with Crippen molar-refractivity contribution in [3.8, 4) is 0 Å². The molecule has 0 N–H and O–H groups in total. The molecule has 0 aromatic heterocycles. The first-order valence-electron chi connectivity index (χ1n) is 7.66. The van der Waals surface area contributed by atoms with Crippen LogP contribution in [-0.4, -0.2) is 36.7 Å². The summed E-state index contributed by atoms with van der Waals surface area (Å²) in [7, 11) is 0. The first-order chi connectivity index (χ1) is 11.1. The molecule has 5 nitrogen and oxygen atoms in total. The van der Waals surface area contributed by atoms with Crippen LogP contribution in [0.1, 0.15) is 6.92 Å². The van der Waals surface area contributed by atoms with Crippen molar-refractivity contribution in [2.24, 2.45) is 11.8 Å². The molecule has 3 aliphatic heterocycles. The van der Waals surface area contributed by atoms with E-state index < -0.39 is 17.4 Å². The van der Waals surface area contributed by atoms with Crippen LogP contribution in [0.25, 0.3) is 0 Å². The second-order valence-electron chi connectivity index (χ2n) is 6.06. The maximum atomic E-state index is 13.0. The van der Waals surface area contributed by atoms with Crippen molar-refractivity contribution >= 4 is 29.2 Å². The highest BCUT2D eigenvalue weighted by Gasteiger charge is 2.67. The summed E-state index contributed by atoms with van der Waals surface area (Å²) in [5.74, 6) is -1.58. The molecule has 2 bridgehead atoms. The third-order valence-electron chi connectivity index (χ3n) is 4.78. The lowest BCUT2D eigenvalue weighted by Gasteiger charge is -2.22. The van der Waals surface area contributed by atoms with Crippen molar-refractivity contribution in [1.82, 2.24) is 0 Å². The van der Waals surface area contributed by atoms with Crippen LogP contribution in [0.4, 0.5) is 5.69 Å². The Hall–Kier alpha value is -1.85. The van der Waals surface area contributed by atoms with E-state index in [0.717, 1.165) is 0 Å². The summed E-state index contributed by atoms with van der Waals surface area (Å²) in [5.41, 5.74) is -0.0177. The maximum absolute atomic E-state index is 13.0. The molecule has 23 heavy (non-hydrogen) atoms. The number of fused-ring (bicyclic) bond motifs is 1. The van der Waals surface area contributed by atoms with E-state index in [-0.39, 0.29) is 24.6 Å². The molecule has 1 amide bonds. The van der Waals surface area contributed by atoms with Gasteiger partial charge < -0.3 is 14.4 Å². The number of hydrogen-bond acceptors (Lipinski definition) is 4. The number of hydrogen-bond donors (Lipinski definition) is 0. The van der Waals surface area contributed by atoms with Crippen molar-refractivity contribution in [2.75, 3.05) is 18.1 Å². The van der Waals surface area contributed by atoms with E-state index in [4.69, 9.17) is 21.1 Å². The number of carbonyl (C=O) groups is 2. The molecule has 2 fully saturated rings. The van der Waals surface area contributed by atoms with Crippen molar-refractivity contribution < 1.29 is 19.1 Å². The van der Waals surface area contributed by atoms with E-state index in [9.17, 15) is 9.59 Å². The molecule has 1 aromatic rings. The number of nitrogens with zero attached hydrogens (tertiary/aromatic N) is 1. The number of ether oxygens (including phenoxy) is 2. The van der Waals surface area contributed by atoms with Crippen molar-refractivity contribution in [3.63, 3.8) is 0 Å². The number of rotatable bonds is 3. The Morgan fingerprint density at radius 1 is 1.52 bits per heavy atom. The largest absolute Gasteiger partial charge is 0.466 e. The third-order valence-corrected chi connectivity index (χ3v) is 5.01. The maximum Gasteiger partial charge on any atom is 0.312 e. The minimum atomic E-state index is -0.735. The molecule has 1 aromatic carbocycles. The predicted octanol–water partition coefficient (Wildman–Crippen LogP) is 2.19. The molecular formula is C17H16ClNO4. The summed E-state index contributed by atoms with van der Waals surface area (Å²) < 4.78 is 11.2. The lowest BCUT2D eigenvalue weighted by molar-refractivity contribution is -0.151. The molecule has 0 unspecified atom stereocenters. The lowest BCUT2D eigenvalue weighted by atomic mass is 9.77. The van der Waals surface area contributed by atoms with Gasteiger partial charge in [-0.1, -0.05) is 29.8 Å². The summed E-state index contributed by atoms with van der Waals surface area (Å²) in [6.07, 6.45) is 3.41. The average Bonchev–Trinajstić information content (AvgIpc) is 3.16. The standard InChI is InChI=1S/C17H16ClNO4/c1-2-22-16(21)13-12-6-7-17(23-12)9-19(15(20)14(13)17)11-5-3-4-10(18)8-11/h3-8,12-14H,2,9H2,1H3/t12-,13-,14-,17+/m0/s1. The Balaban J connectivity index is 1.70. The molecule has 4 atom stereocenters. The number of benzene rings is 1. The Bertz CT molecular complexity index is 718. The van der Waals surface area contributed by atoms with Crippen LogP contribution < -0.4 is 4.90 Å². The normalized spacial score (nSPS) is 34.1. The fraction of sp³-hybridized carbons (Fsp3) is 0.412. The van der Waals surface area contributed by atoms with Gasteiger partial charge in [-0.05, 0) is 25.1 Å². The zero-order valence-corrected chi connectivity index (χ0v) is 13.3. The Morgan fingerprint density at radius 3 is 3.09 bits per heavy atom. The summed E-state index contributed by atoms with van der Waals surface area (Å²) in [4.78, 5) is 26.9. The zero-order chi connectivity index (χ0) is 16.2. The molecule has 3 aliphatic rings. The fourth-order valence-electron chi connectivity index (χ4n) is 3.87. The zero-order valence-electron chi connectivity index (χ0n) is 12.6. The highest BCUT2D eigenvalue weighted by atomic mass is 35.5. The summed E-state index contributed by atoms with van der Waals surface area (Å²) >= 11 is 6.03. The summed E-state index contributed by atoms with van der Waals surface area (Å²) in [5, 5.41) is 0.563. The number of esters is 1. The second-order valence-corrected chi connectivity index (χ2v) is 6.49. The first-order valence-corrected chi connectivity index (χ1v) is 8.04. The topological polar surface area (TPSA) is 55.8 Å². The van der Waals surface area contributed by atoms with Gasteiger partial charge in [0.25, 0.3) is 0 Å². The predicted molar refractivity (Wildman–Crippen MR) is 84.2 cm³/mol. The van der Waals surface area contributed by atoms with E-state index in [1.165, 1.54) is 0 Å². The Labute approximate surface area is 138 Å². The van der Waals surface area contributed by atoms with E-state index >= 15 is 0 Å². The summed E-state index contributed by atoms with van der Waals surface area (Å²) in [6.45, 7) is 2.43. The Kier molecular flexibility index (Phi) is 3.25. The van der Waals surface area contributed by atoms with Gasteiger partial charge in [-0.2, -0.15) is 0 Å². The molecule has 120 valence electrons. The highest BCUT2D eigenvalue weighted by Crippen LogP contribution is 2.52. The molecular weight excluding hydrogens is 318 g/mol. The van der Waals surface area contributed by atoms with Crippen molar-refractivity contribution in [1.29, 1.82) is 0 Å². The van der Waals surface area contributed by atoms with Gasteiger partial charge in [0.15, 0.2) is 0 Å². The van der Waals surface area contributed by atoms with Gasteiger partial charge in [-0.15, -0.1) is 0 Å². The molecule has 0 aliphatic carbocycles.